The van der Waals surface area contributed by atoms with Crippen LogP contribution in [0.3, 0.4) is 0 Å². The van der Waals surface area contributed by atoms with Crippen molar-refractivity contribution >= 4 is 16.3 Å². The average Bonchev–Trinajstić information content (AvgIpc) is 3.11. The maximum atomic E-state index is 13.9. The zero-order valence-corrected chi connectivity index (χ0v) is 14.3. The number of hydrogen-bond donors (Lipinski definition) is 1. The molecule has 134 valence electrons. The Bertz CT molecular complexity index is 1000. The Morgan fingerprint density at radius 1 is 1.23 bits per heavy atom. The molecule has 0 spiro atoms. The molecule has 1 N–H and O–H groups in total. The summed E-state index contributed by atoms with van der Waals surface area (Å²) in [5.74, 6) is -0.399. The van der Waals surface area contributed by atoms with Crippen LogP contribution in [0.25, 0.3) is 11.3 Å². The summed E-state index contributed by atoms with van der Waals surface area (Å²) >= 11 is 0. The van der Waals surface area contributed by atoms with Crippen molar-refractivity contribution in [2.75, 3.05) is 0 Å². The summed E-state index contributed by atoms with van der Waals surface area (Å²) in [4.78, 5) is 17.4. The first-order valence-electron chi connectivity index (χ1n) is 7.67. The van der Waals surface area contributed by atoms with Crippen LogP contribution < -0.4 is 0 Å². The number of rotatable bonds is 7. The lowest BCUT2D eigenvalue weighted by molar-refractivity contribution is -0.130. The Kier molecular flexibility index (Phi) is 5.13. The number of H-pyrrole nitrogens is 1. The second kappa shape index (κ2) is 7.49. The van der Waals surface area contributed by atoms with Crippen molar-refractivity contribution in [1.82, 2.24) is 9.97 Å². The van der Waals surface area contributed by atoms with E-state index in [1.165, 1.54) is 30.6 Å². The molecule has 2 aromatic heterocycles. The molecule has 1 aromatic carbocycles. The summed E-state index contributed by atoms with van der Waals surface area (Å²) in [5, 5.41) is 0. The molecule has 0 aliphatic heterocycles. The van der Waals surface area contributed by atoms with Crippen LogP contribution in [-0.2, 0) is 25.8 Å². The Hall–Kier alpha value is -3.00. The second-order valence-electron chi connectivity index (χ2n) is 5.50. The van der Waals surface area contributed by atoms with Crippen molar-refractivity contribution in [2.45, 2.75) is 16.8 Å². The molecular weight excluding hydrogens is 359 g/mol. The van der Waals surface area contributed by atoms with Crippen molar-refractivity contribution in [2.24, 2.45) is 0 Å². The smallest absolute Gasteiger partial charge is 0.294 e. The highest BCUT2D eigenvalue weighted by Gasteiger charge is 2.30. The van der Waals surface area contributed by atoms with E-state index in [0.29, 0.717) is 16.8 Å². The first kappa shape index (κ1) is 17.8. The first-order valence-corrected chi connectivity index (χ1v) is 9.22. The lowest BCUT2D eigenvalue weighted by atomic mass is 10.1. The van der Waals surface area contributed by atoms with Gasteiger partial charge in [0.1, 0.15) is 5.82 Å². The van der Waals surface area contributed by atoms with Gasteiger partial charge in [-0.2, -0.15) is 0 Å². The number of hydrogen-bond acceptors (Lipinski definition) is 5. The standard InChI is InChI=1S/C18H15FN2O4S/c19-16-6-2-1-5-15(16)17-8-13(10-21-17)9-18(25-12-22)26(23,24)14-4-3-7-20-11-14/h1-8,10-12,18,21H,9H2. The summed E-state index contributed by atoms with van der Waals surface area (Å²) in [6, 6.07) is 10.7. The number of sulfone groups is 1. The molecule has 0 fully saturated rings. The lowest BCUT2D eigenvalue weighted by Crippen LogP contribution is -2.26. The van der Waals surface area contributed by atoms with Gasteiger partial charge in [-0.25, -0.2) is 12.8 Å². The number of carbonyl (C=O) groups excluding carboxylic acids is 1. The van der Waals surface area contributed by atoms with Crippen molar-refractivity contribution in [1.29, 1.82) is 0 Å². The number of ether oxygens (including phenoxy) is 1. The molecule has 3 aromatic rings. The third-order valence-electron chi connectivity index (χ3n) is 3.83. The van der Waals surface area contributed by atoms with Gasteiger partial charge in [0, 0.05) is 36.3 Å². The second-order valence-corrected chi connectivity index (χ2v) is 7.59. The van der Waals surface area contributed by atoms with Crippen LogP contribution in [0, 0.1) is 5.82 Å². The minimum Gasteiger partial charge on any atom is -0.447 e. The van der Waals surface area contributed by atoms with Crippen LogP contribution in [0.2, 0.25) is 0 Å². The highest BCUT2D eigenvalue weighted by molar-refractivity contribution is 7.92. The van der Waals surface area contributed by atoms with Gasteiger partial charge < -0.3 is 9.72 Å². The van der Waals surface area contributed by atoms with E-state index in [0.717, 1.165) is 0 Å². The third kappa shape index (κ3) is 3.65. The quantitative estimate of drug-likeness (QED) is 0.643. The van der Waals surface area contributed by atoms with E-state index in [1.54, 1.807) is 30.5 Å². The lowest BCUT2D eigenvalue weighted by Gasteiger charge is -2.15. The Balaban J connectivity index is 1.88. The van der Waals surface area contributed by atoms with Crippen molar-refractivity contribution < 1.29 is 22.3 Å². The van der Waals surface area contributed by atoms with Gasteiger partial charge in [-0.05, 0) is 35.9 Å². The number of aromatic amines is 1. The fourth-order valence-electron chi connectivity index (χ4n) is 2.54. The molecule has 6 nitrogen and oxygen atoms in total. The molecule has 0 saturated carbocycles. The summed E-state index contributed by atoms with van der Waals surface area (Å²) in [6.45, 7) is 0.100. The summed E-state index contributed by atoms with van der Waals surface area (Å²) < 4.78 is 44.0. The van der Waals surface area contributed by atoms with E-state index in [2.05, 4.69) is 9.97 Å². The number of aromatic nitrogens is 2. The molecule has 0 amide bonds. The number of nitrogens with zero attached hydrogens (tertiary/aromatic N) is 1. The number of pyridine rings is 1. The molecular formula is C18H15FN2O4S. The van der Waals surface area contributed by atoms with Gasteiger partial charge in [-0.15, -0.1) is 0 Å². The predicted molar refractivity (Wildman–Crippen MR) is 92.3 cm³/mol. The van der Waals surface area contributed by atoms with Crippen LogP contribution in [-0.4, -0.2) is 30.3 Å². The molecule has 8 heteroatoms. The topological polar surface area (TPSA) is 89.1 Å². The van der Waals surface area contributed by atoms with Gasteiger partial charge in [0.2, 0.25) is 15.3 Å². The van der Waals surface area contributed by atoms with E-state index in [9.17, 15) is 17.6 Å². The maximum Gasteiger partial charge on any atom is 0.294 e. The van der Waals surface area contributed by atoms with Crippen molar-refractivity contribution in [3.63, 3.8) is 0 Å². The summed E-state index contributed by atoms with van der Waals surface area (Å²) in [5.41, 5.74) is 0.0134. The van der Waals surface area contributed by atoms with Gasteiger partial charge in [-0.1, -0.05) is 12.1 Å². The van der Waals surface area contributed by atoms with Crippen molar-refractivity contribution in [3.05, 3.63) is 72.4 Å². The summed E-state index contributed by atoms with van der Waals surface area (Å²) in [7, 11) is -3.93. The Morgan fingerprint density at radius 3 is 2.73 bits per heavy atom. The van der Waals surface area contributed by atoms with E-state index in [1.807, 2.05) is 0 Å². The molecule has 26 heavy (non-hydrogen) atoms. The normalized spacial score (nSPS) is 12.5. The van der Waals surface area contributed by atoms with Crippen LogP contribution in [0.15, 0.2) is 66.0 Å². The van der Waals surface area contributed by atoms with Gasteiger partial charge in [0.05, 0.1) is 4.90 Å². The molecule has 0 aliphatic carbocycles. The third-order valence-corrected chi connectivity index (χ3v) is 5.69. The van der Waals surface area contributed by atoms with E-state index >= 15 is 0 Å². The van der Waals surface area contributed by atoms with Crippen LogP contribution >= 0.6 is 0 Å². The average molecular weight is 374 g/mol. The fraction of sp³-hybridized carbons (Fsp3) is 0.111. The van der Waals surface area contributed by atoms with Gasteiger partial charge >= 0.3 is 0 Å². The maximum absolute atomic E-state index is 13.9. The van der Waals surface area contributed by atoms with Gasteiger partial charge in [0.15, 0.2) is 0 Å². The molecule has 1 unspecified atom stereocenters. The minimum atomic E-state index is -3.93. The molecule has 0 bridgehead atoms. The van der Waals surface area contributed by atoms with Crippen LogP contribution in [0.5, 0.6) is 0 Å². The van der Waals surface area contributed by atoms with Gasteiger partial charge in [0.25, 0.3) is 6.47 Å². The molecule has 3 rings (SSSR count). The fourth-order valence-corrected chi connectivity index (χ4v) is 3.93. The van der Waals surface area contributed by atoms with E-state index in [-0.39, 0.29) is 17.8 Å². The van der Waals surface area contributed by atoms with Crippen LogP contribution in [0.4, 0.5) is 4.39 Å². The zero-order valence-electron chi connectivity index (χ0n) is 13.5. The molecule has 1 atom stereocenters. The van der Waals surface area contributed by atoms with Gasteiger partial charge in [-0.3, -0.25) is 9.78 Å². The number of benzene rings is 1. The monoisotopic (exact) mass is 374 g/mol. The molecule has 0 aliphatic rings. The number of carbonyl (C=O) groups is 1. The number of nitrogens with one attached hydrogen (secondary N) is 1. The largest absolute Gasteiger partial charge is 0.447 e. The summed E-state index contributed by atoms with van der Waals surface area (Å²) in [6.07, 6.45) is 4.11. The Morgan fingerprint density at radius 2 is 2.04 bits per heavy atom. The van der Waals surface area contributed by atoms with E-state index < -0.39 is 21.1 Å². The Labute approximate surface area is 149 Å². The SMILES string of the molecule is O=COC(Cc1c[nH]c(-c2ccccc2F)c1)S(=O)(=O)c1cccnc1. The van der Waals surface area contributed by atoms with E-state index in [4.69, 9.17) is 4.74 Å². The molecule has 0 radical (unpaired) electrons. The zero-order chi connectivity index (χ0) is 18.6. The highest BCUT2D eigenvalue weighted by atomic mass is 32.2. The predicted octanol–water partition coefficient (Wildman–Crippen LogP) is 2.73. The molecule has 0 saturated heterocycles. The molecule has 2 heterocycles. The first-order chi connectivity index (χ1) is 12.5. The van der Waals surface area contributed by atoms with Crippen molar-refractivity contribution in [3.8, 4) is 11.3 Å². The minimum absolute atomic E-state index is 0.0447. The van der Waals surface area contributed by atoms with Crippen LogP contribution in [0.1, 0.15) is 5.56 Å². The highest BCUT2D eigenvalue weighted by Crippen LogP contribution is 2.25. The number of halogens is 1.